The highest BCUT2D eigenvalue weighted by Crippen LogP contribution is 2.23. The van der Waals surface area contributed by atoms with E-state index in [-0.39, 0.29) is 5.97 Å². The fourth-order valence-corrected chi connectivity index (χ4v) is 1.56. The summed E-state index contributed by atoms with van der Waals surface area (Å²) in [5.74, 6) is 0.247. The van der Waals surface area contributed by atoms with E-state index in [1.165, 1.54) is 0 Å². The van der Waals surface area contributed by atoms with E-state index >= 15 is 0 Å². The van der Waals surface area contributed by atoms with Crippen molar-refractivity contribution >= 4 is 5.97 Å². The fraction of sp³-hybridized carbons (Fsp3) is 0.500. The number of esters is 1. The summed E-state index contributed by atoms with van der Waals surface area (Å²) in [7, 11) is 0. The summed E-state index contributed by atoms with van der Waals surface area (Å²) in [5, 5.41) is 9.46. The standard InChI is InChI=1S/C14H20O4/c1-5-17-14(16)11(4)18-13-7-6-12(10(3)15)8-9(13)2/h6-8,10-11,15H,5H2,1-4H3. The summed E-state index contributed by atoms with van der Waals surface area (Å²) >= 11 is 0. The number of carbonyl (C=O) groups excluding carboxylic acids is 1. The first-order valence-corrected chi connectivity index (χ1v) is 6.07. The molecule has 0 fully saturated rings. The van der Waals surface area contributed by atoms with E-state index in [1.807, 2.05) is 13.0 Å². The normalized spacial score (nSPS) is 13.8. The van der Waals surface area contributed by atoms with E-state index in [4.69, 9.17) is 9.47 Å². The fourth-order valence-electron chi connectivity index (χ4n) is 1.56. The smallest absolute Gasteiger partial charge is 0.347 e. The number of benzene rings is 1. The van der Waals surface area contributed by atoms with Crippen molar-refractivity contribution in [2.24, 2.45) is 0 Å². The first-order valence-electron chi connectivity index (χ1n) is 6.07. The van der Waals surface area contributed by atoms with Gasteiger partial charge in [0.2, 0.25) is 0 Å². The second-order valence-corrected chi connectivity index (χ2v) is 4.21. The maximum absolute atomic E-state index is 11.4. The summed E-state index contributed by atoms with van der Waals surface area (Å²) in [6, 6.07) is 5.38. The minimum atomic E-state index is -0.638. The minimum Gasteiger partial charge on any atom is -0.479 e. The first kappa shape index (κ1) is 14.5. The molecule has 2 unspecified atom stereocenters. The van der Waals surface area contributed by atoms with Crippen molar-refractivity contribution in [1.29, 1.82) is 0 Å². The predicted molar refractivity (Wildman–Crippen MR) is 68.5 cm³/mol. The SMILES string of the molecule is CCOC(=O)C(C)Oc1ccc(C(C)O)cc1C. The van der Waals surface area contributed by atoms with E-state index in [0.717, 1.165) is 11.1 Å². The van der Waals surface area contributed by atoms with Gasteiger partial charge in [-0.15, -0.1) is 0 Å². The van der Waals surface area contributed by atoms with Crippen LogP contribution in [0.4, 0.5) is 0 Å². The molecule has 2 atom stereocenters. The lowest BCUT2D eigenvalue weighted by atomic mass is 10.1. The average molecular weight is 252 g/mol. The first-order chi connectivity index (χ1) is 8.45. The van der Waals surface area contributed by atoms with Crippen molar-refractivity contribution < 1.29 is 19.4 Å². The molecule has 0 heterocycles. The molecule has 1 aromatic carbocycles. The van der Waals surface area contributed by atoms with Crippen molar-refractivity contribution in [1.82, 2.24) is 0 Å². The van der Waals surface area contributed by atoms with Crippen LogP contribution >= 0.6 is 0 Å². The Kier molecular flexibility index (Phi) is 5.16. The van der Waals surface area contributed by atoms with Gasteiger partial charge in [-0.3, -0.25) is 0 Å². The Morgan fingerprint density at radius 3 is 2.56 bits per heavy atom. The Balaban J connectivity index is 2.76. The van der Waals surface area contributed by atoms with Crippen LogP contribution in [0.15, 0.2) is 18.2 Å². The van der Waals surface area contributed by atoms with Crippen LogP contribution in [-0.4, -0.2) is 23.8 Å². The Labute approximate surface area is 108 Å². The molecule has 1 N–H and O–H groups in total. The van der Waals surface area contributed by atoms with Gasteiger partial charge in [0, 0.05) is 0 Å². The van der Waals surface area contributed by atoms with Crippen molar-refractivity contribution in [2.45, 2.75) is 39.9 Å². The molecule has 100 valence electrons. The van der Waals surface area contributed by atoms with Crippen LogP contribution in [0.5, 0.6) is 5.75 Å². The summed E-state index contributed by atoms with van der Waals surface area (Å²) in [6.07, 6.45) is -1.15. The highest BCUT2D eigenvalue weighted by molar-refractivity contribution is 5.74. The predicted octanol–water partition coefficient (Wildman–Crippen LogP) is 2.38. The van der Waals surface area contributed by atoms with Crippen molar-refractivity contribution in [3.8, 4) is 5.75 Å². The Bertz CT molecular complexity index is 412. The quantitative estimate of drug-likeness (QED) is 0.817. The molecule has 0 aromatic heterocycles. The molecule has 0 bridgehead atoms. The third-order valence-electron chi connectivity index (χ3n) is 2.60. The second kappa shape index (κ2) is 6.40. The zero-order chi connectivity index (χ0) is 13.7. The van der Waals surface area contributed by atoms with Crippen LogP contribution < -0.4 is 4.74 Å². The largest absolute Gasteiger partial charge is 0.479 e. The van der Waals surface area contributed by atoms with E-state index in [1.54, 1.807) is 32.9 Å². The van der Waals surface area contributed by atoms with Gasteiger partial charge in [0.05, 0.1) is 12.7 Å². The Morgan fingerprint density at radius 1 is 1.39 bits per heavy atom. The van der Waals surface area contributed by atoms with Gasteiger partial charge in [0.25, 0.3) is 0 Å². The van der Waals surface area contributed by atoms with Crippen LogP contribution in [0.25, 0.3) is 0 Å². The van der Waals surface area contributed by atoms with Crippen LogP contribution in [0.3, 0.4) is 0 Å². The van der Waals surface area contributed by atoms with E-state index in [0.29, 0.717) is 12.4 Å². The minimum absolute atomic E-state index is 0.340. The maximum atomic E-state index is 11.4. The topological polar surface area (TPSA) is 55.8 Å². The summed E-state index contributed by atoms with van der Waals surface area (Å²) in [5.41, 5.74) is 1.70. The monoisotopic (exact) mass is 252 g/mol. The molecule has 1 rings (SSSR count). The van der Waals surface area contributed by atoms with E-state index in [2.05, 4.69) is 0 Å². The molecule has 0 radical (unpaired) electrons. The van der Waals surface area contributed by atoms with Crippen LogP contribution in [0.1, 0.15) is 38.0 Å². The highest BCUT2D eigenvalue weighted by atomic mass is 16.6. The molecule has 0 saturated carbocycles. The highest BCUT2D eigenvalue weighted by Gasteiger charge is 2.16. The average Bonchev–Trinajstić information content (AvgIpc) is 2.31. The molecule has 0 aliphatic heterocycles. The molecular formula is C14H20O4. The van der Waals surface area contributed by atoms with Crippen LogP contribution in [-0.2, 0) is 9.53 Å². The van der Waals surface area contributed by atoms with Gasteiger partial charge < -0.3 is 14.6 Å². The number of aryl methyl sites for hydroxylation is 1. The van der Waals surface area contributed by atoms with Gasteiger partial charge >= 0.3 is 5.97 Å². The van der Waals surface area contributed by atoms with Crippen molar-refractivity contribution in [3.63, 3.8) is 0 Å². The molecule has 0 spiro atoms. The lowest BCUT2D eigenvalue weighted by molar-refractivity contribution is -0.150. The van der Waals surface area contributed by atoms with Gasteiger partial charge in [-0.2, -0.15) is 0 Å². The zero-order valence-corrected chi connectivity index (χ0v) is 11.3. The second-order valence-electron chi connectivity index (χ2n) is 4.21. The summed E-state index contributed by atoms with van der Waals surface area (Å²) < 4.78 is 10.4. The van der Waals surface area contributed by atoms with Crippen LogP contribution in [0.2, 0.25) is 0 Å². The van der Waals surface area contributed by atoms with Crippen LogP contribution in [0, 0.1) is 6.92 Å². The molecule has 0 aliphatic rings. The van der Waals surface area contributed by atoms with E-state index < -0.39 is 12.2 Å². The van der Waals surface area contributed by atoms with Gasteiger partial charge in [-0.1, -0.05) is 6.07 Å². The number of ether oxygens (including phenoxy) is 2. The number of aliphatic hydroxyl groups is 1. The van der Waals surface area contributed by atoms with Crippen molar-refractivity contribution in [3.05, 3.63) is 29.3 Å². The molecule has 0 saturated heterocycles. The lowest BCUT2D eigenvalue weighted by Gasteiger charge is -2.16. The third-order valence-corrected chi connectivity index (χ3v) is 2.60. The maximum Gasteiger partial charge on any atom is 0.347 e. The zero-order valence-electron chi connectivity index (χ0n) is 11.3. The van der Waals surface area contributed by atoms with E-state index in [9.17, 15) is 9.90 Å². The van der Waals surface area contributed by atoms with Gasteiger partial charge in [0.15, 0.2) is 6.10 Å². The van der Waals surface area contributed by atoms with Gasteiger partial charge in [0.1, 0.15) is 5.75 Å². The number of hydrogen-bond donors (Lipinski definition) is 1. The molecule has 4 heteroatoms. The Morgan fingerprint density at radius 2 is 2.06 bits per heavy atom. The molecular weight excluding hydrogens is 232 g/mol. The molecule has 18 heavy (non-hydrogen) atoms. The molecule has 0 amide bonds. The lowest BCUT2D eigenvalue weighted by Crippen LogP contribution is -2.26. The van der Waals surface area contributed by atoms with Gasteiger partial charge in [-0.05, 0) is 51.0 Å². The van der Waals surface area contributed by atoms with Gasteiger partial charge in [-0.25, -0.2) is 4.79 Å². The third kappa shape index (κ3) is 3.74. The Hall–Kier alpha value is -1.55. The number of aliphatic hydroxyl groups excluding tert-OH is 1. The summed E-state index contributed by atoms with van der Waals surface area (Å²) in [4.78, 5) is 11.4. The summed E-state index contributed by atoms with van der Waals surface area (Å²) in [6.45, 7) is 7.33. The molecule has 0 aliphatic carbocycles. The molecule has 1 aromatic rings. The number of carbonyl (C=O) groups is 1. The number of rotatable bonds is 5. The van der Waals surface area contributed by atoms with Crippen molar-refractivity contribution in [2.75, 3.05) is 6.61 Å². The number of hydrogen-bond acceptors (Lipinski definition) is 4. The molecule has 4 nitrogen and oxygen atoms in total.